The van der Waals surface area contributed by atoms with Crippen LogP contribution in [-0.2, 0) is 0 Å². The molecule has 0 aromatic rings. The molecule has 0 fully saturated rings. The summed E-state index contributed by atoms with van der Waals surface area (Å²) in [5.41, 5.74) is 0. The third-order valence-electron chi connectivity index (χ3n) is 2.19. The fourth-order valence-electron chi connectivity index (χ4n) is 1.32. The molecule has 1 radical (unpaired) electrons. The van der Waals surface area contributed by atoms with Crippen LogP contribution in [0.4, 0.5) is 0 Å². The Morgan fingerprint density at radius 1 is 0.923 bits per heavy atom. The van der Waals surface area contributed by atoms with Crippen molar-refractivity contribution in [3.05, 3.63) is 6.10 Å². The number of aliphatic hydroxyl groups excluding tert-OH is 2. The van der Waals surface area contributed by atoms with E-state index in [1.807, 2.05) is 0 Å². The van der Waals surface area contributed by atoms with Crippen molar-refractivity contribution in [3.63, 3.8) is 0 Å². The molecular formula is C11H23O2. The molecule has 0 rings (SSSR count). The average Bonchev–Trinajstić information content (AvgIpc) is 2.13. The van der Waals surface area contributed by atoms with Crippen molar-refractivity contribution in [2.75, 3.05) is 6.61 Å². The first-order valence-corrected chi connectivity index (χ1v) is 5.45. The van der Waals surface area contributed by atoms with E-state index in [2.05, 4.69) is 6.92 Å². The average molecular weight is 187 g/mol. The van der Waals surface area contributed by atoms with Crippen LogP contribution in [0, 0.1) is 6.10 Å². The summed E-state index contributed by atoms with van der Waals surface area (Å²) in [5, 5.41) is 18.0. The molecule has 2 N–H and O–H groups in total. The standard InChI is InChI=1S/C11H23O2/c1-2-3-5-8-11(13)9-6-4-7-10-12/h12-13H,2-10H2,1H3. The molecule has 79 valence electrons. The molecule has 13 heavy (non-hydrogen) atoms. The van der Waals surface area contributed by atoms with Gasteiger partial charge in [-0.1, -0.05) is 39.0 Å². The number of aliphatic hydroxyl groups is 2. The zero-order valence-electron chi connectivity index (χ0n) is 8.76. The van der Waals surface area contributed by atoms with Gasteiger partial charge in [0, 0.05) is 6.61 Å². The van der Waals surface area contributed by atoms with Crippen LogP contribution in [0.5, 0.6) is 0 Å². The largest absolute Gasteiger partial charge is 0.396 e. The van der Waals surface area contributed by atoms with Gasteiger partial charge in [0.25, 0.3) is 0 Å². The predicted molar refractivity (Wildman–Crippen MR) is 54.9 cm³/mol. The molecular weight excluding hydrogens is 164 g/mol. The lowest BCUT2D eigenvalue weighted by Gasteiger charge is -2.07. The highest BCUT2D eigenvalue weighted by molar-refractivity contribution is 4.74. The Bertz CT molecular complexity index is 94.1. The first-order chi connectivity index (χ1) is 6.31. The van der Waals surface area contributed by atoms with Gasteiger partial charge >= 0.3 is 0 Å². The zero-order valence-corrected chi connectivity index (χ0v) is 8.76. The van der Waals surface area contributed by atoms with E-state index in [4.69, 9.17) is 5.11 Å². The van der Waals surface area contributed by atoms with E-state index in [9.17, 15) is 5.11 Å². The lowest BCUT2D eigenvalue weighted by atomic mass is 10.0. The second-order valence-corrected chi connectivity index (χ2v) is 3.56. The van der Waals surface area contributed by atoms with Crippen LogP contribution in [-0.4, -0.2) is 16.8 Å². The van der Waals surface area contributed by atoms with Crippen LogP contribution in [0.25, 0.3) is 0 Å². The van der Waals surface area contributed by atoms with Crippen molar-refractivity contribution in [1.29, 1.82) is 0 Å². The van der Waals surface area contributed by atoms with Gasteiger partial charge in [-0.05, 0) is 19.3 Å². The van der Waals surface area contributed by atoms with Gasteiger partial charge in [-0.15, -0.1) is 0 Å². The van der Waals surface area contributed by atoms with Gasteiger partial charge in [-0.2, -0.15) is 0 Å². The fourth-order valence-corrected chi connectivity index (χ4v) is 1.32. The summed E-state index contributed by atoms with van der Waals surface area (Å²) in [7, 11) is 0. The van der Waals surface area contributed by atoms with Crippen molar-refractivity contribution >= 4 is 0 Å². The predicted octanol–water partition coefficient (Wildman–Crippen LogP) is 3.02. The molecule has 0 saturated heterocycles. The maximum absolute atomic E-state index is 9.43. The first kappa shape index (κ1) is 12.9. The minimum atomic E-state index is 0.274. The Morgan fingerprint density at radius 3 is 2.08 bits per heavy atom. The van der Waals surface area contributed by atoms with E-state index in [1.165, 1.54) is 12.8 Å². The Labute approximate surface area is 82.0 Å². The highest BCUT2D eigenvalue weighted by Crippen LogP contribution is 2.15. The quantitative estimate of drug-likeness (QED) is 0.545. The van der Waals surface area contributed by atoms with E-state index in [0.717, 1.165) is 38.5 Å². The van der Waals surface area contributed by atoms with Gasteiger partial charge in [0.05, 0.1) is 6.10 Å². The Balaban J connectivity index is 3.05. The molecule has 0 amide bonds. The van der Waals surface area contributed by atoms with Gasteiger partial charge in [-0.3, -0.25) is 0 Å². The lowest BCUT2D eigenvalue weighted by molar-refractivity contribution is 0.250. The number of rotatable bonds is 9. The molecule has 0 bridgehead atoms. The maximum Gasteiger partial charge on any atom is 0.0933 e. The fraction of sp³-hybridized carbons (Fsp3) is 0.909. The van der Waals surface area contributed by atoms with Crippen LogP contribution < -0.4 is 0 Å². The minimum Gasteiger partial charge on any atom is -0.396 e. The normalized spacial score (nSPS) is 11.1. The van der Waals surface area contributed by atoms with Gasteiger partial charge in [0.1, 0.15) is 0 Å². The minimum absolute atomic E-state index is 0.274. The monoisotopic (exact) mass is 187 g/mol. The summed E-state index contributed by atoms with van der Waals surface area (Å²) in [6.45, 7) is 2.44. The Morgan fingerprint density at radius 2 is 1.54 bits per heavy atom. The molecule has 0 spiro atoms. The second-order valence-electron chi connectivity index (χ2n) is 3.56. The maximum atomic E-state index is 9.43. The van der Waals surface area contributed by atoms with Crippen molar-refractivity contribution < 1.29 is 10.2 Å². The van der Waals surface area contributed by atoms with Gasteiger partial charge in [0.15, 0.2) is 0 Å². The molecule has 0 aromatic heterocycles. The van der Waals surface area contributed by atoms with Crippen molar-refractivity contribution in [1.82, 2.24) is 0 Å². The summed E-state index contributed by atoms with van der Waals surface area (Å²) in [5.74, 6) is 0. The van der Waals surface area contributed by atoms with E-state index in [0.29, 0.717) is 6.10 Å². The zero-order chi connectivity index (χ0) is 9.94. The van der Waals surface area contributed by atoms with Gasteiger partial charge < -0.3 is 10.2 Å². The molecule has 0 aliphatic rings. The smallest absolute Gasteiger partial charge is 0.0933 e. The second kappa shape index (κ2) is 10.0. The number of hydrogen-bond acceptors (Lipinski definition) is 2. The van der Waals surface area contributed by atoms with Crippen molar-refractivity contribution in [3.8, 4) is 0 Å². The molecule has 0 aliphatic carbocycles. The molecule has 2 nitrogen and oxygen atoms in total. The molecule has 0 aliphatic heterocycles. The molecule has 2 heteroatoms. The third-order valence-corrected chi connectivity index (χ3v) is 2.19. The summed E-state index contributed by atoms with van der Waals surface area (Å²) >= 11 is 0. The highest BCUT2D eigenvalue weighted by Gasteiger charge is 2.03. The summed E-state index contributed by atoms with van der Waals surface area (Å²) in [6, 6.07) is 0. The van der Waals surface area contributed by atoms with E-state index in [-0.39, 0.29) is 6.61 Å². The van der Waals surface area contributed by atoms with Gasteiger partial charge in [-0.25, -0.2) is 0 Å². The van der Waals surface area contributed by atoms with Crippen LogP contribution in [0.1, 0.15) is 58.3 Å². The van der Waals surface area contributed by atoms with Crippen LogP contribution >= 0.6 is 0 Å². The summed E-state index contributed by atoms with van der Waals surface area (Å²) in [4.78, 5) is 0. The Hall–Kier alpha value is -0.0800. The topological polar surface area (TPSA) is 40.5 Å². The molecule has 0 aromatic carbocycles. The molecule has 0 saturated carbocycles. The van der Waals surface area contributed by atoms with Crippen LogP contribution in [0.2, 0.25) is 0 Å². The van der Waals surface area contributed by atoms with Crippen LogP contribution in [0.15, 0.2) is 0 Å². The summed E-state index contributed by atoms with van der Waals surface area (Å²) in [6.07, 6.45) is 8.76. The number of unbranched alkanes of at least 4 members (excludes halogenated alkanes) is 4. The summed E-state index contributed by atoms with van der Waals surface area (Å²) < 4.78 is 0. The SMILES string of the molecule is CCCCC[C](O)CCCCCO. The lowest BCUT2D eigenvalue weighted by Crippen LogP contribution is -1.96. The van der Waals surface area contributed by atoms with Crippen LogP contribution in [0.3, 0.4) is 0 Å². The van der Waals surface area contributed by atoms with Crippen molar-refractivity contribution in [2.45, 2.75) is 58.3 Å². The number of hydrogen-bond donors (Lipinski definition) is 2. The Kier molecular flexibility index (Phi) is 9.94. The third kappa shape index (κ3) is 9.84. The molecule has 0 atom stereocenters. The van der Waals surface area contributed by atoms with Gasteiger partial charge in [0.2, 0.25) is 0 Å². The van der Waals surface area contributed by atoms with Crippen molar-refractivity contribution in [2.24, 2.45) is 0 Å². The molecule has 0 heterocycles. The van der Waals surface area contributed by atoms with E-state index < -0.39 is 0 Å². The molecule has 0 unspecified atom stereocenters. The van der Waals surface area contributed by atoms with E-state index >= 15 is 0 Å². The first-order valence-electron chi connectivity index (χ1n) is 5.45. The van der Waals surface area contributed by atoms with E-state index in [1.54, 1.807) is 0 Å². The highest BCUT2D eigenvalue weighted by atomic mass is 16.3.